The number of hydrogen-bond donors (Lipinski definition) is 2. The van der Waals surface area contributed by atoms with E-state index >= 15 is 0 Å². The van der Waals surface area contributed by atoms with Gasteiger partial charge in [-0.3, -0.25) is 4.48 Å². The number of benzene rings is 1. The van der Waals surface area contributed by atoms with E-state index in [0.717, 1.165) is 24.1 Å². The number of nitrogens with zero attached hydrogens (tertiary/aromatic N) is 1. The molecular formula is C20H23N2O+. The SMILES string of the molecule is C#CC(C)O.C1=CC2=CC=C1[N+]21CCNCC1c1ccccc1. The van der Waals surface area contributed by atoms with Gasteiger partial charge in [-0.25, -0.2) is 0 Å². The maximum atomic E-state index is 8.12. The van der Waals surface area contributed by atoms with Crippen LogP contribution >= 0.6 is 0 Å². The zero-order valence-corrected chi connectivity index (χ0v) is 13.4. The fourth-order valence-electron chi connectivity index (χ4n) is 3.61. The van der Waals surface area contributed by atoms with E-state index in [0.29, 0.717) is 6.04 Å². The predicted octanol–water partition coefficient (Wildman–Crippen LogP) is 2.50. The van der Waals surface area contributed by atoms with Crippen LogP contribution in [0.2, 0.25) is 0 Å². The van der Waals surface area contributed by atoms with Crippen molar-refractivity contribution in [2.75, 3.05) is 19.6 Å². The molecule has 3 aliphatic heterocycles. The van der Waals surface area contributed by atoms with Crippen molar-refractivity contribution >= 4 is 0 Å². The first-order valence-corrected chi connectivity index (χ1v) is 8.07. The van der Waals surface area contributed by atoms with E-state index in [4.69, 9.17) is 5.11 Å². The molecule has 3 nitrogen and oxygen atoms in total. The number of piperazine rings is 1. The van der Waals surface area contributed by atoms with Gasteiger partial charge in [-0.05, 0) is 6.92 Å². The van der Waals surface area contributed by atoms with Gasteiger partial charge in [-0.2, -0.15) is 0 Å². The van der Waals surface area contributed by atoms with Crippen molar-refractivity contribution in [2.24, 2.45) is 0 Å². The van der Waals surface area contributed by atoms with Gasteiger partial charge in [0.2, 0.25) is 0 Å². The van der Waals surface area contributed by atoms with Gasteiger partial charge < -0.3 is 10.4 Å². The predicted molar refractivity (Wildman–Crippen MR) is 93.0 cm³/mol. The largest absolute Gasteiger partial charge is 0.381 e. The summed E-state index contributed by atoms with van der Waals surface area (Å²) in [5.74, 6) is 2.08. The van der Waals surface area contributed by atoms with Crippen molar-refractivity contribution in [3.05, 3.63) is 71.6 Å². The fraction of sp³-hybridized carbons (Fsp3) is 0.300. The van der Waals surface area contributed by atoms with Crippen molar-refractivity contribution in [1.29, 1.82) is 0 Å². The van der Waals surface area contributed by atoms with Gasteiger partial charge in [0.1, 0.15) is 30.1 Å². The minimum atomic E-state index is -0.588. The molecule has 23 heavy (non-hydrogen) atoms. The van der Waals surface area contributed by atoms with Gasteiger partial charge in [-0.15, -0.1) is 6.42 Å². The van der Waals surface area contributed by atoms with E-state index in [1.807, 2.05) is 0 Å². The summed E-state index contributed by atoms with van der Waals surface area (Å²) in [5, 5.41) is 11.7. The maximum absolute atomic E-state index is 8.12. The zero-order chi connectivity index (χ0) is 16.3. The van der Waals surface area contributed by atoms with Crippen LogP contribution in [0.4, 0.5) is 0 Å². The number of terminal acetylenes is 1. The second-order valence-electron chi connectivity index (χ2n) is 6.08. The molecule has 3 heterocycles. The summed E-state index contributed by atoms with van der Waals surface area (Å²) in [6.45, 7) is 4.85. The van der Waals surface area contributed by atoms with Gasteiger partial charge in [0.25, 0.3) is 0 Å². The average Bonchev–Trinajstić information content (AvgIpc) is 3.11. The number of aliphatic hydroxyl groups excluding tert-OH is 1. The fourth-order valence-corrected chi connectivity index (χ4v) is 3.61. The molecule has 0 aromatic heterocycles. The smallest absolute Gasteiger partial charge is 0.138 e. The third-order valence-electron chi connectivity index (χ3n) is 4.71. The summed E-state index contributed by atoms with van der Waals surface area (Å²) >= 11 is 0. The van der Waals surface area contributed by atoms with Crippen LogP contribution in [0, 0.1) is 12.3 Å². The molecule has 0 amide bonds. The van der Waals surface area contributed by atoms with Crippen molar-refractivity contribution < 1.29 is 9.59 Å². The number of aliphatic hydroxyl groups is 1. The molecule has 1 saturated heterocycles. The lowest BCUT2D eigenvalue weighted by molar-refractivity contribution is -0.877. The van der Waals surface area contributed by atoms with Gasteiger partial charge in [0.05, 0.1) is 6.54 Å². The lowest BCUT2D eigenvalue weighted by Gasteiger charge is -2.44. The molecule has 0 aliphatic carbocycles. The van der Waals surface area contributed by atoms with Crippen LogP contribution in [-0.4, -0.2) is 35.3 Å². The maximum Gasteiger partial charge on any atom is 0.138 e. The molecule has 1 aromatic rings. The summed E-state index contributed by atoms with van der Waals surface area (Å²) in [6.07, 6.45) is 13.2. The molecule has 0 radical (unpaired) electrons. The van der Waals surface area contributed by atoms with Crippen LogP contribution in [0.15, 0.2) is 66.0 Å². The summed E-state index contributed by atoms with van der Waals surface area (Å²) in [4.78, 5) is 0. The van der Waals surface area contributed by atoms with Gasteiger partial charge in [-0.1, -0.05) is 36.3 Å². The van der Waals surface area contributed by atoms with Gasteiger partial charge in [0.15, 0.2) is 0 Å². The molecule has 4 rings (SSSR count). The summed E-state index contributed by atoms with van der Waals surface area (Å²) < 4.78 is 1.04. The van der Waals surface area contributed by atoms with Crippen LogP contribution in [-0.2, 0) is 0 Å². The van der Waals surface area contributed by atoms with Gasteiger partial charge in [0, 0.05) is 36.4 Å². The first kappa shape index (κ1) is 15.8. The highest BCUT2D eigenvalue weighted by molar-refractivity contribution is 5.42. The van der Waals surface area contributed by atoms with Crippen LogP contribution in [0.5, 0.6) is 0 Å². The summed E-state index contributed by atoms with van der Waals surface area (Å²) in [7, 11) is 0. The second-order valence-corrected chi connectivity index (χ2v) is 6.08. The Morgan fingerprint density at radius 2 is 1.83 bits per heavy atom. The lowest BCUT2D eigenvalue weighted by atomic mass is 9.99. The highest BCUT2D eigenvalue weighted by Crippen LogP contribution is 2.47. The van der Waals surface area contributed by atoms with E-state index in [1.165, 1.54) is 17.0 Å². The molecule has 3 aliphatic rings. The molecule has 2 bridgehead atoms. The van der Waals surface area contributed by atoms with E-state index < -0.39 is 6.10 Å². The minimum absolute atomic E-state index is 0.509. The van der Waals surface area contributed by atoms with Gasteiger partial charge >= 0.3 is 0 Å². The van der Waals surface area contributed by atoms with Crippen molar-refractivity contribution in [2.45, 2.75) is 19.1 Å². The quantitative estimate of drug-likeness (QED) is 0.617. The molecule has 118 valence electrons. The Balaban J connectivity index is 0.000000276. The molecule has 1 fully saturated rings. The normalized spacial score (nSPS) is 24.3. The van der Waals surface area contributed by atoms with E-state index in [2.05, 4.69) is 72.3 Å². The second kappa shape index (κ2) is 6.55. The van der Waals surface area contributed by atoms with E-state index in [-0.39, 0.29) is 0 Å². The number of quaternary nitrogens is 1. The highest BCUT2D eigenvalue weighted by Gasteiger charge is 2.50. The molecule has 1 aromatic carbocycles. The average molecular weight is 307 g/mol. The monoisotopic (exact) mass is 307 g/mol. The first-order chi connectivity index (χ1) is 11.2. The van der Waals surface area contributed by atoms with Crippen LogP contribution in [0.25, 0.3) is 0 Å². The van der Waals surface area contributed by atoms with E-state index in [1.54, 1.807) is 6.92 Å². The summed E-state index contributed by atoms with van der Waals surface area (Å²) in [6, 6.07) is 11.4. The molecular weight excluding hydrogens is 284 g/mol. The highest BCUT2D eigenvalue weighted by atomic mass is 16.3. The molecule has 2 N–H and O–H groups in total. The molecule has 2 unspecified atom stereocenters. The number of rotatable bonds is 1. The number of hydrogen-bond acceptors (Lipinski definition) is 2. The Kier molecular flexibility index (Phi) is 4.49. The molecule has 3 heteroatoms. The minimum Gasteiger partial charge on any atom is -0.381 e. The zero-order valence-electron chi connectivity index (χ0n) is 13.4. The Labute approximate surface area is 138 Å². The topological polar surface area (TPSA) is 32.3 Å². The standard InChI is InChI=1S/C16H17N2.C4H6O/c1-2-4-13(5-3-1)16-12-17-10-11-18(16)14-6-7-15(18)9-8-14;1-3-4(2)5/h1-9,16-17H,10-12H2;1,4-5H,2H3/q+1;. The third-order valence-corrected chi connectivity index (χ3v) is 4.71. The van der Waals surface area contributed by atoms with Crippen molar-refractivity contribution in [3.8, 4) is 12.3 Å². The Morgan fingerprint density at radius 3 is 2.35 bits per heavy atom. The molecule has 2 atom stereocenters. The Morgan fingerprint density at radius 1 is 1.22 bits per heavy atom. The van der Waals surface area contributed by atoms with Crippen LogP contribution in [0.3, 0.4) is 0 Å². The lowest BCUT2D eigenvalue weighted by Crippen LogP contribution is -2.56. The third kappa shape index (κ3) is 2.77. The van der Waals surface area contributed by atoms with Crippen LogP contribution in [0.1, 0.15) is 18.5 Å². The van der Waals surface area contributed by atoms with Crippen molar-refractivity contribution in [1.82, 2.24) is 5.32 Å². The first-order valence-electron chi connectivity index (χ1n) is 8.07. The van der Waals surface area contributed by atoms with Crippen LogP contribution < -0.4 is 5.32 Å². The number of allylic oxidation sites excluding steroid dienone is 4. The Hall–Kier alpha value is -2.12. The van der Waals surface area contributed by atoms with Crippen molar-refractivity contribution in [3.63, 3.8) is 0 Å². The van der Waals surface area contributed by atoms with E-state index in [9.17, 15) is 0 Å². The summed E-state index contributed by atoms with van der Waals surface area (Å²) in [5.41, 5.74) is 4.35. The Bertz CT molecular complexity index is 670. The number of nitrogens with one attached hydrogen (secondary N) is 1. The molecule has 0 saturated carbocycles. The molecule has 1 spiro atoms.